The van der Waals surface area contributed by atoms with Gasteiger partial charge in [-0.05, 0) is 35.7 Å². The second kappa shape index (κ2) is 8.52. The third-order valence-electron chi connectivity index (χ3n) is 5.74. The lowest BCUT2D eigenvalue weighted by atomic mass is 10.1. The Hall–Kier alpha value is -3.57. The van der Waals surface area contributed by atoms with Crippen LogP contribution in [0.25, 0.3) is 16.5 Å². The molecule has 1 aliphatic rings. The van der Waals surface area contributed by atoms with E-state index >= 15 is 0 Å². The van der Waals surface area contributed by atoms with E-state index < -0.39 is 0 Å². The summed E-state index contributed by atoms with van der Waals surface area (Å²) >= 11 is 1.36. The van der Waals surface area contributed by atoms with Crippen LogP contribution in [0.2, 0.25) is 0 Å². The van der Waals surface area contributed by atoms with Crippen molar-refractivity contribution in [3.05, 3.63) is 107 Å². The Balaban J connectivity index is 1.46. The largest absolute Gasteiger partial charge is 0.350 e. The molecular formula is C27H22N2O2S. The van der Waals surface area contributed by atoms with Crippen LogP contribution < -0.4 is 0 Å². The van der Waals surface area contributed by atoms with Crippen LogP contribution >= 0.6 is 11.8 Å². The van der Waals surface area contributed by atoms with Crippen LogP contribution in [0.5, 0.6) is 0 Å². The van der Waals surface area contributed by atoms with Gasteiger partial charge in [0.05, 0.1) is 10.5 Å². The third kappa shape index (κ3) is 3.65. The number of fused-ring (bicyclic) bond motifs is 1. The van der Waals surface area contributed by atoms with Crippen LogP contribution in [0.3, 0.4) is 0 Å². The maximum Gasteiger partial charge on any atom is 0.268 e. The van der Waals surface area contributed by atoms with Crippen LogP contribution in [-0.4, -0.2) is 27.8 Å². The molecule has 3 aromatic carbocycles. The summed E-state index contributed by atoms with van der Waals surface area (Å²) in [7, 11) is 2.02. The van der Waals surface area contributed by atoms with Crippen molar-refractivity contribution in [3.63, 3.8) is 0 Å². The summed E-state index contributed by atoms with van der Waals surface area (Å²) in [6.07, 6.45) is 2.70. The van der Waals surface area contributed by atoms with Gasteiger partial charge in [0.2, 0.25) is 0 Å². The Kier molecular flexibility index (Phi) is 5.41. The van der Waals surface area contributed by atoms with E-state index in [1.807, 2.05) is 79.8 Å². The average molecular weight is 439 g/mol. The summed E-state index contributed by atoms with van der Waals surface area (Å²) in [4.78, 5) is 29.7. The van der Waals surface area contributed by atoms with Crippen LogP contribution in [0.15, 0.2) is 101 Å². The molecule has 5 rings (SSSR count). The predicted molar refractivity (Wildman–Crippen MR) is 129 cm³/mol. The number of carbonyl (C=O) groups is 2. The standard InChI is InChI=1S/C27H22N2O2S/c1-28-18-20(22-14-8-9-15-23(22)28)16-17-29-26(30)24(19-10-4-2-5-11-19)25(27(29)31)32-21-12-6-3-7-13-21/h2-15,18H,16-17H2,1H3. The molecule has 2 amide bonds. The number of rotatable bonds is 6. The van der Waals surface area contributed by atoms with Gasteiger partial charge in [-0.25, -0.2) is 0 Å². The number of hydrogen-bond acceptors (Lipinski definition) is 3. The molecule has 0 spiro atoms. The van der Waals surface area contributed by atoms with Gasteiger partial charge < -0.3 is 4.57 Å². The highest BCUT2D eigenvalue weighted by atomic mass is 32.2. The van der Waals surface area contributed by atoms with Crippen LogP contribution in [0, 0.1) is 0 Å². The molecule has 0 fully saturated rings. The van der Waals surface area contributed by atoms with Gasteiger partial charge in [-0.1, -0.05) is 78.5 Å². The van der Waals surface area contributed by atoms with E-state index in [0.29, 0.717) is 23.4 Å². The Morgan fingerprint density at radius 2 is 1.44 bits per heavy atom. The van der Waals surface area contributed by atoms with Gasteiger partial charge in [0, 0.05) is 35.6 Å². The van der Waals surface area contributed by atoms with Crippen molar-refractivity contribution >= 4 is 40.1 Å². The summed E-state index contributed by atoms with van der Waals surface area (Å²) in [6, 6.07) is 27.4. The Morgan fingerprint density at radius 1 is 0.781 bits per heavy atom. The zero-order valence-corrected chi connectivity index (χ0v) is 18.5. The van der Waals surface area contributed by atoms with Gasteiger partial charge in [-0.15, -0.1) is 0 Å². The number of amides is 2. The molecule has 2 heterocycles. The monoisotopic (exact) mass is 438 g/mol. The number of nitrogens with zero attached hydrogens (tertiary/aromatic N) is 2. The molecule has 32 heavy (non-hydrogen) atoms. The molecule has 0 aliphatic carbocycles. The van der Waals surface area contributed by atoms with Crippen molar-refractivity contribution in [1.29, 1.82) is 0 Å². The topological polar surface area (TPSA) is 42.3 Å². The predicted octanol–water partition coefficient (Wildman–Crippen LogP) is 5.29. The quantitative estimate of drug-likeness (QED) is 0.384. The highest BCUT2D eigenvalue weighted by Gasteiger charge is 2.39. The third-order valence-corrected chi connectivity index (χ3v) is 6.83. The summed E-state index contributed by atoms with van der Waals surface area (Å²) in [5, 5.41) is 1.16. The van der Waals surface area contributed by atoms with Gasteiger partial charge >= 0.3 is 0 Å². The number of hydrogen-bond donors (Lipinski definition) is 0. The van der Waals surface area contributed by atoms with Crippen molar-refractivity contribution in [2.24, 2.45) is 7.05 Å². The Morgan fingerprint density at radius 3 is 2.19 bits per heavy atom. The van der Waals surface area contributed by atoms with Crippen LogP contribution in [-0.2, 0) is 23.1 Å². The summed E-state index contributed by atoms with van der Waals surface area (Å²) in [5.41, 5.74) is 3.54. The van der Waals surface area contributed by atoms with Crippen LogP contribution in [0.4, 0.5) is 0 Å². The van der Waals surface area contributed by atoms with E-state index in [9.17, 15) is 9.59 Å². The highest BCUT2D eigenvalue weighted by Crippen LogP contribution is 2.39. The van der Waals surface area contributed by atoms with Crippen molar-refractivity contribution in [3.8, 4) is 0 Å². The lowest BCUT2D eigenvalue weighted by molar-refractivity contribution is -0.136. The lowest BCUT2D eigenvalue weighted by Gasteiger charge is -2.15. The van der Waals surface area contributed by atoms with Crippen molar-refractivity contribution in [2.45, 2.75) is 11.3 Å². The minimum atomic E-state index is -0.222. The average Bonchev–Trinajstić information content (AvgIpc) is 3.27. The first-order valence-corrected chi connectivity index (χ1v) is 11.4. The van der Waals surface area contributed by atoms with E-state index in [0.717, 1.165) is 26.9 Å². The number of imide groups is 1. The second-order valence-electron chi connectivity index (χ2n) is 7.78. The van der Waals surface area contributed by atoms with Gasteiger partial charge in [0.1, 0.15) is 0 Å². The number of benzene rings is 3. The number of aromatic nitrogens is 1. The van der Waals surface area contributed by atoms with Gasteiger partial charge in [0.15, 0.2) is 0 Å². The Bertz CT molecular complexity index is 1340. The molecule has 1 aliphatic heterocycles. The summed E-state index contributed by atoms with van der Waals surface area (Å²) in [6.45, 7) is 0.348. The van der Waals surface area contributed by atoms with E-state index in [2.05, 4.69) is 22.9 Å². The van der Waals surface area contributed by atoms with Gasteiger partial charge in [0.25, 0.3) is 11.8 Å². The summed E-state index contributed by atoms with van der Waals surface area (Å²) < 4.78 is 2.09. The number of carbonyl (C=O) groups excluding carboxylic acids is 2. The maximum atomic E-state index is 13.4. The van der Waals surface area contributed by atoms with E-state index in [1.54, 1.807) is 0 Å². The molecule has 5 heteroatoms. The molecule has 0 radical (unpaired) electrons. The molecule has 4 aromatic rings. The molecule has 4 nitrogen and oxygen atoms in total. The molecule has 1 aromatic heterocycles. The van der Waals surface area contributed by atoms with Crippen LogP contribution in [0.1, 0.15) is 11.1 Å². The minimum Gasteiger partial charge on any atom is -0.350 e. The van der Waals surface area contributed by atoms with Crippen molar-refractivity contribution in [1.82, 2.24) is 9.47 Å². The zero-order valence-electron chi connectivity index (χ0n) is 17.7. The molecule has 0 N–H and O–H groups in total. The Labute approximate surface area is 191 Å². The van der Waals surface area contributed by atoms with E-state index in [1.165, 1.54) is 16.7 Å². The molecule has 0 unspecified atom stereocenters. The summed E-state index contributed by atoms with van der Waals surface area (Å²) in [5.74, 6) is -0.442. The fraction of sp³-hybridized carbons (Fsp3) is 0.111. The van der Waals surface area contributed by atoms with E-state index in [-0.39, 0.29) is 11.8 Å². The van der Waals surface area contributed by atoms with E-state index in [4.69, 9.17) is 0 Å². The number of thioether (sulfide) groups is 1. The van der Waals surface area contributed by atoms with Gasteiger partial charge in [-0.2, -0.15) is 0 Å². The molecular weight excluding hydrogens is 416 g/mol. The maximum absolute atomic E-state index is 13.4. The zero-order chi connectivity index (χ0) is 22.1. The fourth-order valence-electron chi connectivity index (χ4n) is 4.17. The van der Waals surface area contributed by atoms with Gasteiger partial charge in [-0.3, -0.25) is 14.5 Å². The number of para-hydroxylation sites is 1. The first kappa shape index (κ1) is 20.3. The molecule has 158 valence electrons. The molecule has 0 saturated carbocycles. The first-order chi connectivity index (χ1) is 15.6. The lowest BCUT2D eigenvalue weighted by Crippen LogP contribution is -2.33. The first-order valence-electron chi connectivity index (χ1n) is 10.5. The molecule has 0 saturated heterocycles. The smallest absolute Gasteiger partial charge is 0.268 e. The number of aryl methyl sites for hydroxylation is 1. The SMILES string of the molecule is Cn1cc(CCN2C(=O)C(Sc3ccccc3)=C(c3ccccc3)C2=O)c2ccccc21. The normalized spacial score (nSPS) is 14.1. The second-order valence-corrected chi connectivity index (χ2v) is 8.86. The minimum absolute atomic E-state index is 0.219. The van der Waals surface area contributed by atoms with Crippen molar-refractivity contribution in [2.75, 3.05) is 6.54 Å². The fourth-order valence-corrected chi connectivity index (χ4v) is 5.21. The van der Waals surface area contributed by atoms with Crippen molar-refractivity contribution < 1.29 is 9.59 Å². The molecule has 0 bridgehead atoms. The molecule has 0 atom stereocenters. The highest BCUT2D eigenvalue weighted by molar-refractivity contribution is 8.04.